The van der Waals surface area contributed by atoms with Crippen LogP contribution in [-0.4, -0.2) is 11.8 Å². The monoisotopic (exact) mass is 235 g/mol. The van der Waals surface area contributed by atoms with Gasteiger partial charge in [0.2, 0.25) is 0 Å². The van der Waals surface area contributed by atoms with Gasteiger partial charge in [0.15, 0.2) is 0 Å². The molecule has 1 fully saturated rings. The summed E-state index contributed by atoms with van der Waals surface area (Å²) >= 11 is 6.16. The predicted molar refractivity (Wildman–Crippen MR) is 70.5 cm³/mol. The quantitative estimate of drug-likeness (QED) is 0.671. The SMILES string of the molecule is CC(=NC1CCCCC1)c1ccccc1Cl. The molecule has 1 nitrogen and oxygen atoms in total. The zero-order valence-electron chi connectivity index (χ0n) is 9.75. The van der Waals surface area contributed by atoms with E-state index in [0.717, 1.165) is 16.3 Å². The maximum Gasteiger partial charge on any atom is 0.0503 e. The molecule has 0 amide bonds. The van der Waals surface area contributed by atoms with Crippen molar-refractivity contribution in [2.75, 3.05) is 0 Å². The molecule has 1 saturated carbocycles. The van der Waals surface area contributed by atoms with E-state index in [9.17, 15) is 0 Å². The van der Waals surface area contributed by atoms with Crippen molar-refractivity contribution in [3.8, 4) is 0 Å². The van der Waals surface area contributed by atoms with E-state index in [2.05, 4.69) is 6.92 Å². The molecule has 0 bridgehead atoms. The van der Waals surface area contributed by atoms with Gasteiger partial charge >= 0.3 is 0 Å². The van der Waals surface area contributed by atoms with Crippen LogP contribution in [0.3, 0.4) is 0 Å². The van der Waals surface area contributed by atoms with Crippen LogP contribution in [0.25, 0.3) is 0 Å². The molecule has 0 N–H and O–H groups in total. The first-order chi connectivity index (χ1) is 7.77. The molecule has 0 aromatic heterocycles. The highest BCUT2D eigenvalue weighted by atomic mass is 35.5. The average Bonchev–Trinajstić information content (AvgIpc) is 2.31. The summed E-state index contributed by atoms with van der Waals surface area (Å²) in [7, 11) is 0. The molecule has 0 aliphatic heterocycles. The lowest BCUT2D eigenvalue weighted by molar-refractivity contribution is 0.443. The zero-order chi connectivity index (χ0) is 11.4. The smallest absolute Gasteiger partial charge is 0.0503 e. The van der Waals surface area contributed by atoms with Gasteiger partial charge in [0.05, 0.1) is 6.04 Å². The van der Waals surface area contributed by atoms with Crippen molar-refractivity contribution in [2.24, 2.45) is 4.99 Å². The summed E-state index contributed by atoms with van der Waals surface area (Å²) in [6.07, 6.45) is 6.49. The lowest BCUT2D eigenvalue weighted by atomic mass is 9.95. The van der Waals surface area contributed by atoms with Crippen molar-refractivity contribution < 1.29 is 0 Å². The predicted octanol–water partition coefficient (Wildman–Crippen LogP) is 4.48. The average molecular weight is 236 g/mol. The number of hydrogen-bond donors (Lipinski definition) is 0. The number of halogens is 1. The molecule has 16 heavy (non-hydrogen) atoms. The Bertz CT molecular complexity index is 378. The van der Waals surface area contributed by atoms with Crippen molar-refractivity contribution in [1.29, 1.82) is 0 Å². The van der Waals surface area contributed by atoms with Crippen LogP contribution in [0.1, 0.15) is 44.6 Å². The fraction of sp³-hybridized carbons (Fsp3) is 0.500. The van der Waals surface area contributed by atoms with E-state index in [0.29, 0.717) is 6.04 Å². The molecule has 0 atom stereocenters. The first-order valence-electron chi connectivity index (χ1n) is 6.06. The van der Waals surface area contributed by atoms with Crippen molar-refractivity contribution >= 4 is 17.3 Å². The van der Waals surface area contributed by atoms with Gasteiger partial charge in [-0.15, -0.1) is 0 Å². The van der Waals surface area contributed by atoms with Gasteiger partial charge < -0.3 is 0 Å². The number of hydrogen-bond acceptors (Lipinski definition) is 1. The van der Waals surface area contributed by atoms with Gasteiger partial charge in [-0.05, 0) is 25.8 Å². The second-order valence-electron chi connectivity index (χ2n) is 4.49. The minimum atomic E-state index is 0.519. The second-order valence-corrected chi connectivity index (χ2v) is 4.89. The van der Waals surface area contributed by atoms with E-state index in [1.165, 1.54) is 32.1 Å². The van der Waals surface area contributed by atoms with E-state index in [1.54, 1.807) is 0 Å². The Balaban J connectivity index is 2.14. The molecule has 0 saturated heterocycles. The highest BCUT2D eigenvalue weighted by molar-refractivity contribution is 6.34. The highest BCUT2D eigenvalue weighted by Gasteiger charge is 2.13. The summed E-state index contributed by atoms with van der Waals surface area (Å²) in [6, 6.07) is 8.46. The maximum atomic E-state index is 6.16. The molecule has 0 spiro atoms. The second kappa shape index (κ2) is 5.49. The molecule has 0 radical (unpaired) electrons. The molecule has 0 heterocycles. The number of nitrogens with zero attached hydrogens (tertiary/aromatic N) is 1. The number of aliphatic imine (C=N–C) groups is 1. The van der Waals surface area contributed by atoms with Gasteiger partial charge in [0.25, 0.3) is 0 Å². The Morgan fingerprint density at radius 3 is 2.56 bits per heavy atom. The van der Waals surface area contributed by atoms with E-state index in [4.69, 9.17) is 16.6 Å². The largest absolute Gasteiger partial charge is 0.286 e. The standard InChI is InChI=1S/C14H18ClN/c1-11(13-9-5-6-10-14(13)15)16-12-7-3-2-4-8-12/h5-6,9-10,12H,2-4,7-8H2,1H3. The lowest BCUT2D eigenvalue weighted by Crippen LogP contribution is -2.12. The van der Waals surface area contributed by atoms with Crippen LogP contribution < -0.4 is 0 Å². The summed E-state index contributed by atoms with van der Waals surface area (Å²) in [5.41, 5.74) is 2.16. The third-order valence-electron chi connectivity index (χ3n) is 3.21. The molecule has 0 unspecified atom stereocenters. The zero-order valence-corrected chi connectivity index (χ0v) is 10.5. The van der Waals surface area contributed by atoms with E-state index in [1.807, 2.05) is 24.3 Å². The van der Waals surface area contributed by atoms with Crippen LogP contribution in [0.2, 0.25) is 5.02 Å². The number of benzene rings is 1. The Kier molecular flexibility index (Phi) is 4.00. The summed E-state index contributed by atoms with van der Waals surface area (Å²) in [4.78, 5) is 4.80. The Labute approximate surface area is 103 Å². The topological polar surface area (TPSA) is 12.4 Å². The lowest BCUT2D eigenvalue weighted by Gasteiger charge is -2.18. The van der Waals surface area contributed by atoms with Crippen molar-refractivity contribution in [3.63, 3.8) is 0 Å². The fourth-order valence-electron chi connectivity index (χ4n) is 2.31. The molecule has 2 heteroatoms. The molecule has 2 rings (SSSR count). The van der Waals surface area contributed by atoms with Crippen LogP contribution in [-0.2, 0) is 0 Å². The summed E-state index contributed by atoms with van der Waals surface area (Å²) in [6.45, 7) is 2.07. The van der Waals surface area contributed by atoms with Crippen molar-refractivity contribution in [2.45, 2.75) is 45.1 Å². The van der Waals surface area contributed by atoms with Gasteiger partial charge in [-0.2, -0.15) is 0 Å². The van der Waals surface area contributed by atoms with Crippen LogP contribution in [0, 0.1) is 0 Å². The van der Waals surface area contributed by atoms with E-state index in [-0.39, 0.29) is 0 Å². The van der Waals surface area contributed by atoms with Gasteiger partial charge in [0.1, 0.15) is 0 Å². The Morgan fingerprint density at radius 1 is 1.19 bits per heavy atom. The normalized spacial score (nSPS) is 18.8. The van der Waals surface area contributed by atoms with Crippen LogP contribution in [0.4, 0.5) is 0 Å². The van der Waals surface area contributed by atoms with Crippen LogP contribution >= 0.6 is 11.6 Å². The molecule has 1 aromatic carbocycles. The van der Waals surface area contributed by atoms with Gasteiger partial charge in [-0.3, -0.25) is 4.99 Å². The minimum absolute atomic E-state index is 0.519. The molecule has 1 aliphatic rings. The summed E-state index contributed by atoms with van der Waals surface area (Å²) < 4.78 is 0. The number of rotatable bonds is 2. The fourth-order valence-corrected chi connectivity index (χ4v) is 2.58. The van der Waals surface area contributed by atoms with Crippen LogP contribution in [0.5, 0.6) is 0 Å². The van der Waals surface area contributed by atoms with Crippen molar-refractivity contribution in [3.05, 3.63) is 34.9 Å². The molecule has 86 valence electrons. The Hall–Kier alpha value is -0.820. The molecule has 1 aliphatic carbocycles. The van der Waals surface area contributed by atoms with E-state index >= 15 is 0 Å². The van der Waals surface area contributed by atoms with Gasteiger partial charge in [-0.25, -0.2) is 0 Å². The third-order valence-corrected chi connectivity index (χ3v) is 3.54. The highest BCUT2D eigenvalue weighted by Crippen LogP contribution is 2.22. The summed E-state index contributed by atoms with van der Waals surface area (Å²) in [5.74, 6) is 0. The molecule has 1 aromatic rings. The van der Waals surface area contributed by atoms with Gasteiger partial charge in [-0.1, -0.05) is 49.1 Å². The summed E-state index contributed by atoms with van der Waals surface area (Å²) in [5, 5.41) is 0.805. The third kappa shape index (κ3) is 2.85. The maximum absolute atomic E-state index is 6.16. The molecular weight excluding hydrogens is 218 g/mol. The van der Waals surface area contributed by atoms with Crippen molar-refractivity contribution in [1.82, 2.24) is 0 Å². The minimum Gasteiger partial charge on any atom is -0.286 e. The Morgan fingerprint density at radius 2 is 1.88 bits per heavy atom. The van der Waals surface area contributed by atoms with Gasteiger partial charge in [0, 0.05) is 16.3 Å². The van der Waals surface area contributed by atoms with Crippen LogP contribution in [0.15, 0.2) is 29.3 Å². The first-order valence-corrected chi connectivity index (χ1v) is 6.44. The molecular formula is C14H18ClN. The van der Waals surface area contributed by atoms with E-state index < -0.39 is 0 Å². The first kappa shape index (κ1) is 11.7.